The molecule has 26 heavy (non-hydrogen) atoms. The highest BCUT2D eigenvalue weighted by molar-refractivity contribution is 6.01. The minimum Gasteiger partial charge on any atom is -0.479 e. The van der Waals surface area contributed by atoms with E-state index in [9.17, 15) is 24.6 Å². The zero-order valence-electron chi connectivity index (χ0n) is 14.8. The molecule has 1 aromatic heterocycles. The van der Waals surface area contributed by atoms with E-state index < -0.39 is 29.8 Å². The maximum absolute atomic E-state index is 12.8. The average molecular weight is 358 g/mol. The molecule has 0 spiro atoms. The molecule has 0 unspecified atom stereocenters. The Kier molecular flexibility index (Phi) is 6.27. The molecular weight excluding hydrogens is 336 g/mol. The van der Waals surface area contributed by atoms with E-state index in [0.29, 0.717) is 24.1 Å². The number of rotatable bonds is 8. The lowest BCUT2D eigenvalue weighted by Gasteiger charge is -2.29. The summed E-state index contributed by atoms with van der Waals surface area (Å²) in [5.41, 5.74) is 1.14. The Balaban J connectivity index is 2.42. The number of amides is 1. The normalized spacial score (nSPS) is 11.1. The van der Waals surface area contributed by atoms with Gasteiger partial charge in [0, 0.05) is 11.3 Å². The zero-order chi connectivity index (χ0) is 19.3. The van der Waals surface area contributed by atoms with E-state index in [4.69, 9.17) is 0 Å². The van der Waals surface area contributed by atoms with Crippen LogP contribution in [0.3, 0.4) is 0 Å². The maximum atomic E-state index is 12.8. The highest BCUT2D eigenvalue weighted by atomic mass is 16.4. The number of fused-ring (bicyclic) bond motifs is 1. The summed E-state index contributed by atoms with van der Waals surface area (Å²) in [6.45, 7) is 3.45. The number of carbonyl (C=O) groups excluding carboxylic acids is 1. The van der Waals surface area contributed by atoms with Gasteiger partial charge in [-0.05, 0) is 25.0 Å². The van der Waals surface area contributed by atoms with Gasteiger partial charge in [0.25, 0.3) is 0 Å². The lowest BCUT2D eigenvalue weighted by atomic mass is 10.0. The standard InChI is InChI=1S/C19H22N2O5/c1-3-12(4-2)17(22)21(16(18(23)24)19(25)26)11-14-10-9-13-7-5-6-8-15(13)20-14/h5-10,12,16H,3-4,11H2,1-2H3,(H,23,24)(H,25,26). The number of carboxylic acid groups (broad SMARTS) is 2. The first-order valence-electron chi connectivity index (χ1n) is 8.49. The fourth-order valence-electron chi connectivity index (χ4n) is 2.91. The number of aromatic nitrogens is 1. The highest BCUT2D eigenvalue weighted by Gasteiger charge is 2.38. The van der Waals surface area contributed by atoms with Gasteiger partial charge in [0.1, 0.15) is 0 Å². The van der Waals surface area contributed by atoms with Gasteiger partial charge >= 0.3 is 11.9 Å². The zero-order valence-corrected chi connectivity index (χ0v) is 14.8. The fraction of sp³-hybridized carbons (Fsp3) is 0.368. The van der Waals surface area contributed by atoms with Crippen LogP contribution < -0.4 is 0 Å². The Bertz CT molecular complexity index is 802. The molecule has 1 amide bonds. The van der Waals surface area contributed by atoms with Crippen molar-refractivity contribution >= 4 is 28.7 Å². The maximum Gasteiger partial charge on any atom is 0.338 e. The molecule has 0 saturated heterocycles. The van der Waals surface area contributed by atoms with E-state index in [2.05, 4.69) is 4.98 Å². The summed E-state index contributed by atoms with van der Waals surface area (Å²) < 4.78 is 0. The summed E-state index contributed by atoms with van der Waals surface area (Å²) in [5.74, 6) is -4.06. The predicted octanol–water partition coefficient (Wildman–Crippen LogP) is 2.54. The third-order valence-electron chi connectivity index (χ3n) is 4.39. The molecule has 0 aliphatic carbocycles. The first-order chi connectivity index (χ1) is 12.4. The number of hydrogen-bond acceptors (Lipinski definition) is 4. The van der Waals surface area contributed by atoms with Gasteiger partial charge < -0.3 is 15.1 Å². The monoisotopic (exact) mass is 358 g/mol. The molecule has 138 valence electrons. The summed E-state index contributed by atoms with van der Waals surface area (Å²) in [6, 6.07) is 8.93. The van der Waals surface area contributed by atoms with E-state index in [-0.39, 0.29) is 6.54 Å². The second-order valence-electron chi connectivity index (χ2n) is 6.05. The second-order valence-corrected chi connectivity index (χ2v) is 6.05. The van der Waals surface area contributed by atoms with Crippen LogP contribution in [0.15, 0.2) is 36.4 Å². The van der Waals surface area contributed by atoms with Crippen molar-refractivity contribution in [1.82, 2.24) is 9.88 Å². The summed E-state index contributed by atoms with van der Waals surface area (Å²) in [6.07, 6.45) is 1.01. The molecule has 0 aliphatic rings. The summed E-state index contributed by atoms with van der Waals surface area (Å²) in [4.78, 5) is 41.1. The third-order valence-corrected chi connectivity index (χ3v) is 4.39. The summed E-state index contributed by atoms with van der Waals surface area (Å²) in [5, 5.41) is 19.6. The van der Waals surface area contributed by atoms with Crippen molar-refractivity contribution in [3.05, 3.63) is 42.1 Å². The first-order valence-corrected chi connectivity index (χ1v) is 8.49. The number of benzene rings is 1. The van der Waals surface area contributed by atoms with E-state index >= 15 is 0 Å². The van der Waals surface area contributed by atoms with Crippen LogP contribution in [0.25, 0.3) is 10.9 Å². The molecule has 2 aromatic rings. The van der Waals surface area contributed by atoms with Crippen molar-refractivity contribution in [1.29, 1.82) is 0 Å². The quantitative estimate of drug-likeness (QED) is 0.702. The van der Waals surface area contributed by atoms with Crippen molar-refractivity contribution in [3.8, 4) is 0 Å². The molecule has 2 N–H and O–H groups in total. The molecule has 0 saturated carbocycles. The van der Waals surface area contributed by atoms with Crippen molar-refractivity contribution in [3.63, 3.8) is 0 Å². The molecule has 2 rings (SSSR count). The molecule has 1 aromatic carbocycles. The van der Waals surface area contributed by atoms with E-state index in [0.717, 1.165) is 10.3 Å². The molecule has 0 bridgehead atoms. The Hall–Kier alpha value is -2.96. The van der Waals surface area contributed by atoms with E-state index in [1.165, 1.54) is 0 Å². The number of hydrogen-bond donors (Lipinski definition) is 2. The number of aliphatic carboxylic acids is 2. The Morgan fingerprint density at radius 1 is 1.00 bits per heavy atom. The van der Waals surface area contributed by atoms with Gasteiger partial charge in [-0.3, -0.25) is 9.78 Å². The number of pyridine rings is 1. The van der Waals surface area contributed by atoms with Crippen molar-refractivity contribution in [2.24, 2.45) is 5.92 Å². The molecule has 0 aliphatic heterocycles. The van der Waals surface area contributed by atoms with Gasteiger partial charge in [0.2, 0.25) is 11.9 Å². The summed E-state index contributed by atoms with van der Waals surface area (Å²) >= 11 is 0. The average Bonchev–Trinajstić information content (AvgIpc) is 2.61. The highest BCUT2D eigenvalue weighted by Crippen LogP contribution is 2.19. The van der Waals surface area contributed by atoms with Gasteiger partial charge in [0.05, 0.1) is 17.8 Å². The molecule has 0 atom stereocenters. The number of carboxylic acids is 2. The van der Waals surface area contributed by atoms with E-state index in [1.54, 1.807) is 12.1 Å². The minimum atomic E-state index is -1.95. The van der Waals surface area contributed by atoms with Crippen LogP contribution in [0.1, 0.15) is 32.4 Å². The van der Waals surface area contributed by atoms with Crippen LogP contribution >= 0.6 is 0 Å². The van der Waals surface area contributed by atoms with Crippen LogP contribution in [-0.4, -0.2) is 44.0 Å². The van der Waals surface area contributed by atoms with Crippen LogP contribution in [0.2, 0.25) is 0 Å². The topological polar surface area (TPSA) is 108 Å². The van der Waals surface area contributed by atoms with E-state index in [1.807, 2.05) is 38.1 Å². The van der Waals surface area contributed by atoms with Gasteiger partial charge in [-0.25, -0.2) is 9.59 Å². The minimum absolute atomic E-state index is 0.177. The van der Waals surface area contributed by atoms with Crippen molar-refractivity contribution in [2.75, 3.05) is 0 Å². The van der Waals surface area contributed by atoms with Gasteiger partial charge in [-0.15, -0.1) is 0 Å². The molecule has 1 heterocycles. The lowest BCUT2D eigenvalue weighted by Crippen LogP contribution is -2.51. The van der Waals surface area contributed by atoms with Crippen LogP contribution in [0.4, 0.5) is 0 Å². The molecule has 7 nitrogen and oxygen atoms in total. The fourth-order valence-corrected chi connectivity index (χ4v) is 2.91. The van der Waals surface area contributed by atoms with Crippen LogP contribution in [-0.2, 0) is 20.9 Å². The molecule has 0 fully saturated rings. The largest absolute Gasteiger partial charge is 0.479 e. The van der Waals surface area contributed by atoms with Gasteiger partial charge in [0.15, 0.2) is 0 Å². The molecule has 0 radical (unpaired) electrons. The smallest absolute Gasteiger partial charge is 0.338 e. The molecular formula is C19H22N2O5. The Labute approximate surface area is 151 Å². The van der Waals surface area contributed by atoms with Crippen LogP contribution in [0, 0.1) is 5.92 Å². The Morgan fingerprint density at radius 3 is 2.19 bits per heavy atom. The predicted molar refractivity (Wildman–Crippen MR) is 95.4 cm³/mol. The number of nitrogens with zero attached hydrogens (tertiary/aromatic N) is 2. The Morgan fingerprint density at radius 2 is 1.62 bits per heavy atom. The van der Waals surface area contributed by atoms with Crippen LogP contribution in [0.5, 0.6) is 0 Å². The SMILES string of the molecule is CCC(CC)C(=O)N(Cc1ccc2ccccc2n1)C(C(=O)O)C(=O)O. The third kappa shape index (κ3) is 4.17. The van der Waals surface area contributed by atoms with Gasteiger partial charge in [-0.1, -0.05) is 38.1 Å². The number of para-hydroxylation sites is 1. The lowest BCUT2D eigenvalue weighted by molar-refractivity contribution is -0.163. The molecule has 7 heteroatoms. The van der Waals surface area contributed by atoms with Crippen molar-refractivity contribution < 1.29 is 24.6 Å². The van der Waals surface area contributed by atoms with Crippen molar-refractivity contribution in [2.45, 2.75) is 39.3 Å². The first kappa shape index (κ1) is 19.4. The summed E-state index contributed by atoms with van der Waals surface area (Å²) in [7, 11) is 0. The van der Waals surface area contributed by atoms with Gasteiger partial charge in [-0.2, -0.15) is 0 Å². The second kappa shape index (κ2) is 8.42. The number of carbonyl (C=O) groups is 3.